The van der Waals surface area contributed by atoms with Crippen molar-refractivity contribution < 1.29 is 32.9 Å². The number of likely N-dealkylation sites (N-methyl/N-ethyl adjacent to an activating group) is 1. The zero-order valence-electron chi connectivity index (χ0n) is 38.5. The van der Waals surface area contributed by atoms with E-state index in [0.29, 0.717) is 17.4 Å². The van der Waals surface area contributed by atoms with Gasteiger partial charge in [-0.1, -0.05) is 178 Å². The van der Waals surface area contributed by atoms with Crippen molar-refractivity contribution in [2.24, 2.45) is 0 Å². The molecule has 0 saturated carbocycles. The van der Waals surface area contributed by atoms with Crippen molar-refractivity contribution in [3.8, 4) is 0 Å². The van der Waals surface area contributed by atoms with Crippen LogP contribution in [0.2, 0.25) is 0 Å². The number of phosphoric acid groups is 1. The van der Waals surface area contributed by atoms with E-state index in [1.807, 2.05) is 27.2 Å². The monoisotopic (exact) mass is 837 g/mol. The van der Waals surface area contributed by atoms with Gasteiger partial charge in [0, 0.05) is 6.42 Å². The van der Waals surface area contributed by atoms with Gasteiger partial charge < -0.3 is 28.8 Å². The summed E-state index contributed by atoms with van der Waals surface area (Å²) in [7, 11) is 1.23. The normalized spacial score (nSPS) is 14.7. The molecule has 0 bridgehead atoms. The quantitative estimate of drug-likeness (QED) is 0.0274. The number of carbonyl (C=O) groups is 1. The number of nitrogens with zero attached hydrogens (tertiary/aromatic N) is 1. The fourth-order valence-corrected chi connectivity index (χ4v) is 7.37. The van der Waals surface area contributed by atoms with E-state index in [9.17, 15) is 19.4 Å². The lowest BCUT2D eigenvalue weighted by molar-refractivity contribution is -0.870. The molecule has 0 aromatic heterocycles. The van der Waals surface area contributed by atoms with Crippen molar-refractivity contribution in [3.63, 3.8) is 0 Å². The molecule has 8 nitrogen and oxygen atoms in total. The molecule has 0 saturated heterocycles. The van der Waals surface area contributed by atoms with Crippen LogP contribution >= 0.6 is 7.82 Å². The van der Waals surface area contributed by atoms with Gasteiger partial charge in [-0.05, 0) is 70.6 Å². The number of rotatable bonds is 43. The van der Waals surface area contributed by atoms with Crippen molar-refractivity contribution >= 4 is 13.7 Å². The third kappa shape index (κ3) is 42.6. The number of carbonyl (C=O) groups excluding carboxylic acids is 1. The molecule has 340 valence electrons. The summed E-state index contributed by atoms with van der Waals surface area (Å²) in [5.74, 6) is -0.217. The highest BCUT2D eigenvalue weighted by atomic mass is 31.2. The minimum Gasteiger partial charge on any atom is -0.756 e. The average molecular weight is 837 g/mol. The minimum absolute atomic E-state index is 0.0106. The van der Waals surface area contributed by atoms with Gasteiger partial charge in [0.15, 0.2) is 0 Å². The second kappa shape index (κ2) is 40.8. The molecule has 1 amide bonds. The number of aliphatic hydroxyl groups is 1. The largest absolute Gasteiger partial charge is 0.756 e. The summed E-state index contributed by atoms with van der Waals surface area (Å²) >= 11 is 0. The Morgan fingerprint density at radius 1 is 0.586 bits per heavy atom. The van der Waals surface area contributed by atoms with E-state index in [1.165, 1.54) is 141 Å². The lowest BCUT2D eigenvalue weighted by Crippen LogP contribution is -2.45. The summed E-state index contributed by atoms with van der Waals surface area (Å²) in [6, 6.07) is -0.911. The molecular weight excluding hydrogens is 744 g/mol. The van der Waals surface area contributed by atoms with Gasteiger partial charge in [-0.3, -0.25) is 9.36 Å². The number of phosphoric ester groups is 1. The first-order valence-corrected chi connectivity index (χ1v) is 25.5. The SMILES string of the molecule is CCCCCCCCC/C=C/CC/C=C/CC/C=C/C(O)C(COP(=O)([O-])OCC[N+](C)(C)C)NC(=O)CCCCCCCCC/C=C\CCCCCCCCCC. The van der Waals surface area contributed by atoms with Crippen molar-refractivity contribution in [3.05, 3.63) is 48.6 Å². The molecule has 0 rings (SSSR count). The number of allylic oxidation sites excluding steroid dienone is 7. The molecule has 3 unspecified atom stereocenters. The molecule has 0 aromatic rings. The molecular formula is C49H93N2O6P. The Balaban J connectivity index is 4.45. The maximum absolute atomic E-state index is 12.9. The Morgan fingerprint density at radius 2 is 0.966 bits per heavy atom. The Bertz CT molecular complexity index is 1090. The van der Waals surface area contributed by atoms with Crippen molar-refractivity contribution in [2.45, 2.75) is 219 Å². The van der Waals surface area contributed by atoms with E-state index in [1.54, 1.807) is 6.08 Å². The van der Waals surface area contributed by atoms with E-state index in [0.717, 1.165) is 44.9 Å². The highest BCUT2D eigenvalue weighted by Gasteiger charge is 2.23. The number of hydrogen-bond donors (Lipinski definition) is 2. The summed E-state index contributed by atoms with van der Waals surface area (Å²) < 4.78 is 23.2. The number of unbranched alkanes of at least 4 members (excludes halogenated alkanes) is 24. The van der Waals surface area contributed by atoms with E-state index in [4.69, 9.17) is 9.05 Å². The number of aliphatic hydroxyl groups excluding tert-OH is 1. The predicted octanol–water partition coefficient (Wildman–Crippen LogP) is 13.0. The lowest BCUT2D eigenvalue weighted by atomic mass is 10.1. The van der Waals surface area contributed by atoms with Crippen LogP contribution in [0.15, 0.2) is 48.6 Å². The molecule has 9 heteroatoms. The van der Waals surface area contributed by atoms with Crippen LogP contribution in [-0.4, -0.2) is 68.5 Å². The molecule has 0 fully saturated rings. The number of amides is 1. The van der Waals surface area contributed by atoms with Crippen LogP contribution in [0.1, 0.15) is 206 Å². The Labute approximate surface area is 359 Å². The topological polar surface area (TPSA) is 108 Å². The second-order valence-electron chi connectivity index (χ2n) is 17.4. The Kier molecular flexibility index (Phi) is 39.8. The fraction of sp³-hybridized carbons (Fsp3) is 0.816. The molecule has 0 radical (unpaired) electrons. The molecule has 0 aliphatic rings. The van der Waals surface area contributed by atoms with Crippen LogP contribution in [-0.2, 0) is 18.4 Å². The number of hydrogen-bond acceptors (Lipinski definition) is 6. The van der Waals surface area contributed by atoms with Crippen molar-refractivity contribution in [2.75, 3.05) is 40.9 Å². The van der Waals surface area contributed by atoms with Gasteiger partial charge in [-0.2, -0.15) is 0 Å². The summed E-state index contributed by atoms with van der Waals surface area (Å²) in [4.78, 5) is 25.3. The fourth-order valence-electron chi connectivity index (χ4n) is 6.65. The lowest BCUT2D eigenvalue weighted by Gasteiger charge is -2.29. The van der Waals surface area contributed by atoms with Crippen LogP contribution in [0.25, 0.3) is 0 Å². The van der Waals surface area contributed by atoms with Crippen molar-refractivity contribution in [1.82, 2.24) is 5.32 Å². The molecule has 2 N–H and O–H groups in total. The minimum atomic E-state index is -4.60. The van der Waals surface area contributed by atoms with Gasteiger partial charge in [-0.25, -0.2) is 0 Å². The first-order chi connectivity index (χ1) is 28.0. The highest BCUT2D eigenvalue weighted by Crippen LogP contribution is 2.38. The van der Waals surface area contributed by atoms with Gasteiger partial charge in [0.05, 0.1) is 39.9 Å². The molecule has 0 spiro atoms. The third-order valence-electron chi connectivity index (χ3n) is 10.5. The molecule has 0 aliphatic carbocycles. The summed E-state index contributed by atoms with van der Waals surface area (Å²) in [5.41, 5.74) is 0. The van der Waals surface area contributed by atoms with Gasteiger partial charge >= 0.3 is 0 Å². The van der Waals surface area contributed by atoms with Crippen LogP contribution < -0.4 is 10.2 Å². The van der Waals surface area contributed by atoms with Crippen molar-refractivity contribution in [1.29, 1.82) is 0 Å². The maximum Gasteiger partial charge on any atom is 0.268 e. The standard InChI is InChI=1S/C49H93N2O6P/c1-6-8-10-12-14-16-18-20-22-24-25-27-29-31-33-35-37-39-41-43-49(53)50-47(46-57-58(54,55)56-45-44-51(3,4)5)48(52)42-40-38-36-34-32-30-28-26-23-21-19-17-15-13-11-9-7-2/h23-26,32,34,40,42,47-48,52H,6-22,27-31,33,35-39,41,43-46H2,1-5H3,(H-,50,53,54,55)/b25-24-,26-23+,34-32+,42-40+. The van der Waals surface area contributed by atoms with Gasteiger partial charge in [0.25, 0.3) is 7.82 Å². The average Bonchev–Trinajstić information content (AvgIpc) is 3.17. The molecule has 58 heavy (non-hydrogen) atoms. The highest BCUT2D eigenvalue weighted by molar-refractivity contribution is 7.45. The first-order valence-electron chi connectivity index (χ1n) is 24.0. The maximum atomic E-state index is 12.9. The smallest absolute Gasteiger partial charge is 0.268 e. The zero-order valence-corrected chi connectivity index (χ0v) is 39.4. The van der Waals surface area contributed by atoms with E-state index in [-0.39, 0.29) is 12.5 Å². The van der Waals surface area contributed by atoms with Crippen LogP contribution in [0.3, 0.4) is 0 Å². The van der Waals surface area contributed by atoms with Gasteiger partial charge in [-0.15, -0.1) is 0 Å². The first kappa shape index (κ1) is 56.5. The zero-order chi connectivity index (χ0) is 42.8. The Hall–Kier alpha value is -1.54. The molecule has 3 atom stereocenters. The van der Waals surface area contributed by atoms with Gasteiger partial charge in [0.2, 0.25) is 5.91 Å². The summed E-state index contributed by atoms with van der Waals surface area (Å²) in [5, 5.41) is 13.8. The summed E-state index contributed by atoms with van der Waals surface area (Å²) in [6.45, 7) is 4.61. The number of nitrogens with one attached hydrogen (secondary N) is 1. The van der Waals surface area contributed by atoms with E-state index >= 15 is 0 Å². The predicted molar refractivity (Wildman–Crippen MR) is 247 cm³/mol. The third-order valence-corrected chi connectivity index (χ3v) is 11.5. The molecule has 0 aromatic carbocycles. The number of quaternary nitrogens is 1. The van der Waals surface area contributed by atoms with E-state index in [2.05, 4.69) is 55.6 Å². The van der Waals surface area contributed by atoms with Gasteiger partial charge in [0.1, 0.15) is 13.2 Å². The molecule has 0 heterocycles. The Morgan fingerprint density at radius 3 is 1.40 bits per heavy atom. The molecule has 0 aliphatic heterocycles. The van der Waals surface area contributed by atoms with Crippen LogP contribution in [0.4, 0.5) is 0 Å². The second-order valence-corrected chi connectivity index (χ2v) is 18.8. The van der Waals surface area contributed by atoms with E-state index < -0.39 is 26.6 Å². The van der Waals surface area contributed by atoms with Crippen LogP contribution in [0.5, 0.6) is 0 Å². The van der Waals surface area contributed by atoms with Crippen LogP contribution in [0, 0.1) is 0 Å². The summed E-state index contributed by atoms with van der Waals surface area (Å²) in [6.07, 6.45) is 51.6.